The second-order valence-electron chi connectivity index (χ2n) is 5.90. The van der Waals surface area contributed by atoms with Crippen molar-refractivity contribution in [3.8, 4) is 5.75 Å². The number of benzene rings is 1. The van der Waals surface area contributed by atoms with Crippen LogP contribution in [0.5, 0.6) is 5.75 Å². The molecule has 0 radical (unpaired) electrons. The highest BCUT2D eigenvalue weighted by Crippen LogP contribution is 2.51. The molecule has 0 saturated heterocycles. The fourth-order valence-electron chi connectivity index (χ4n) is 2.91. The molecular formula is C18H21NO3S. The van der Waals surface area contributed by atoms with E-state index < -0.39 is 11.5 Å². The summed E-state index contributed by atoms with van der Waals surface area (Å²) in [5, 5.41) is 16.9. The van der Waals surface area contributed by atoms with Crippen LogP contribution >= 0.6 is 11.3 Å². The number of aliphatic hydroxyl groups is 1. The van der Waals surface area contributed by atoms with Gasteiger partial charge in [-0.15, -0.1) is 0 Å². The quantitative estimate of drug-likeness (QED) is 0.820. The Balaban J connectivity index is 1.60. The zero-order valence-corrected chi connectivity index (χ0v) is 13.9. The van der Waals surface area contributed by atoms with Gasteiger partial charge < -0.3 is 15.2 Å². The number of carbonyl (C=O) groups excluding carboxylic acids is 1. The van der Waals surface area contributed by atoms with E-state index in [0.29, 0.717) is 13.0 Å². The van der Waals surface area contributed by atoms with Gasteiger partial charge in [0.2, 0.25) is 5.91 Å². The normalized spacial score (nSPS) is 16.6. The number of hydrogen-bond acceptors (Lipinski definition) is 4. The number of rotatable bonds is 7. The molecule has 0 aliphatic heterocycles. The summed E-state index contributed by atoms with van der Waals surface area (Å²) in [6.07, 6.45) is 1.67. The molecule has 1 aromatic carbocycles. The summed E-state index contributed by atoms with van der Waals surface area (Å²) in [5.41, 5.74) is 1.41. The molecule has 0 spiro atoms. The molecule has 2 N–H and O–H groups in total. The molecule has 2 aromatic rings. The van der Waals surface area contributed by atoms with E-state index in [2.05, 4.69) is 5.32 Å². The van der Waals surface area contributed by atoms with E-state index in [-0.39, 0.29) is 5.91 Å². The second-order valence-corrected chi connectivity index (χ2v) is 6.68. The molecule has 1 amide bonds. The van der Waals surface area contributed by atoms with Gasteiger partial charge in [0.15, 0.2) is 0 Å². The van der Waals surface area contributed by atoms with Crippen molar-refractivity contribution >= 4 is 17.2 Å². The monoisotopic (exact) mass is 331 g/mol. The predicted octanol–water partition coefficient (Wildman–Crippen LogP) is 3.03. The standard InChI is InChI=1S/C18H21NO3S/c1-22-16-5-3-2-4-14(16)18(8-9-18)17(21)19-10-6-15(20)13-7-11-23-12-13/h2-5,7,11-12,15,20H,6,8-10H2,1H3,(H,19,21). The minimum Gasteiger partial charge on any atom is -0.496 e. The van der Waals surface area contributed by atoms with Gasteiger partial charge in [0.05, 0.1) is 18.6 Å². The van der Waals surface area contributed by atoms with Gasteiger partial charge >= 0.3 is 0 Å². The number of thiophene rings is 1. The van der Waals surface area contributed by atoms with Gasteiger partial charge in [0.25, 0.3) is 0 Å². The summed E-state index contributed by atoms with van der Waals surface area (Å²) in [5.74, 6) is 0.790. The highest BCUT2D eigenvalue weighted by molar-refractivity contribution is 7.07. The number of aliphatic hydroxyl groups excluding tert-OH is 1. The minimum absolute atomic E-state index is 0.0273. The Hall–Kier alpha value is -1.85. The Morgan fingerprint density at radius 3 is 2.83 bits per heavy atom. The number of nitrogens with one attached hydrogen (secondary N) is 1. The minimum atomic E-state index is -0.525. The van der Waals surface area contributed by atoms with E-state index in [1.54, 1.807) is 18.4 Å². The SMILES string of the molecule is COc1ccccc1C1(C(=O)NCCC(O)c2ccsc2)CC1. The highest BCUT2D eigenvalue weighted by Gasteiger charge is 2.52. The smallest absolute Gasteiger partial charge is 0.230 e. The van der Waals surface area contributed by atoms with Crippen molar-refractivity contribution in [1.29, 1.82) is 0 Å². The summed E-state index contributed by atoms with van der Waals surface area (Å²) in [6.45, 7) is 0.465. The van der Waals surface area contributed by atoms with Crippen LogP contribution < -0.4 is 10.1 Å². The Bertz CT molecular complexity index is 665. The third-order valence-corrected chi connectivity index (χ3v) is 5.14. The lowest BCUT2D eigenvalue weighted by atomic mass is 9.94. The molecule has 1 aliphatic rings. The van der Waals surface area contributed by atoms with Gasteiger partial charge in [-0.3, -0.25) is 4.79 Å². The van der Waals surface area contributed by atoms with Crippen molar-refractivity contribution in [3.05, 3.63) is 52.2 Å². The van der Waals surface area contributed by atoms with Gasteiger partial charge in [0, 0.05) is 12.1 Å². The van der Waals surface area contributed by atoms with E-state index in [4.69, 9.17) is 4.74 Å². The third-order valence-electron chi connectivity index (χ3n) is 4.44. The van der Waals surface area contributed by atoms with Crippen LogP contribution in [-0.4, -0.2) is 24.7 Å². The second kappa shape index (κ2) is 6.72. The molecule has 23 heavy (non-hydrogen) atoms. The fraction of sp³-hybridized carbons (Fsp3) is 0.389. The van der Waals surface area contributed by atoms with Gasteiger partial charge in [0.1, 0.15) is 5.75 Å². The number of carbonyl (C=O) groups is 1. The lowest BCUT2D eigenvalue weighted by Gasteiger charge is -2.19. The maximum atomic E-state index is 12.6. The first kappa shape index (κ1) is 16.0. The number of ether oxygens (including phenoxy) is 1. The first-order valence-electron chi connectivity index (χ1n) is 7.79. The van der Waals surface area contributed by atoms with Crippen LogP contribution in [0.2, 0.25) is 0 Å². The Morgan fingerprint density at radius 2 is 2.17 bits per heavy atom. The molecule has 3 rings (SSSR count). The topological polar surface area (TPSA) is 58.6 Å². The maximum absolute atomic E-state index is 12.6. The molecule has 4 nitrogen and oxygen atoms in total. The van der Waals surface area contributed by atoms with E-state index in [9.17, 15) is 9.90 Å². The molecule has 1 atom stereocenters. The van der Waals surface area contributed by atoms with Crippen molar-refractivity contribution in [3.63, 3.8) is 0 Å². The Kier molecular flexibility index (Phi) is 4.68. The Morgan fingerprint density at radius 1 is 1.39 bits per heavy atom. The largest absolute Gasteiger partial charge is 0.496 e. The summed E-state index contributed by atoms with van der Waals surface area (Å²) in [6, 6.07) is 9.61. The first-order chi connectivity index (χ1) is 11.2. The van der Waals surface area contributed by atoms with Crippen LogP contribution in [0.4, 0.5) is 0 Å². The van der Waals surface area contributed by atoms with Crippen LogP contribution in [0, 0.1) is 0 Å². The molecule has 5 heteroatoms. The van der Waals surface area contributed by atoms with Crippen LogP contribution in [0.1, 0.15) is 36.5 Å². The van der Waals surface area contributed by atoms with Crippen molar-refractivity contribution in [2.75, 3.05) is 13.7 Å². The summed E-state index contributed by atoms with van der Waals surface area (Å²) < 4.78 is 5.39. The average Bonchev–Trinajstić information content (AvgIpc) is 3.20. The Labute approximate surface area is 140 Å². The van der Waals surface area contributed by atoms with Crippen LogP contribution in [0.15, 0.2) is 41.1 Å². The number of methoxy groups -OCH3 is 1. The van der Waals surface area contributed by atoms with E-state index >= 15 is 0 Å². The van der Waals surface area contributed by atoms with E-state index in [1.807, 2.05) is 41.1 Å². The van der Waals surface area contributed by atoms with Crippen molar-refractivity contribution in [1.82, 2.24) is 5.32 Å². The molecule has 0 bridgehead atoms. The van der Waals surface area contributed by atoms with Gasteiger partial charge in [-0.05, 0) is 47.7 Å². The van der Waals surface area contributed by atoms with E-state index in [0.717, 1.165) is 29.7 Å². The molecule has 1 saturated carbocycles. The maximum Gasteiger partial charge on any atom is 0.230 e. The van der Waals surface area contributed by atoms with E-state index in [1.165, 1.54) is 0 Å². The molecule has 1 aromatic heterocycles. The molecule has 1 unspecified atom stereocenters. The summed E-state index contributed by atoms with van der Waals surface area (Å²) >= 11 is 1.56. The molecule has 1 fully saturated rings. The molecule has 122 valence electrons. The number of para-hydroxylation sites is 1. The third kappa shape index (κ3) is 3.26. The van der Waals surface area contributed by atoms with Crippen molar-refractivity contribution in [2.45, 2.75) is 30.8 Å². The first-order valence-corrected chi connectivity index (χ1v) is 8.73. The zero-order valence-electron chi connectivity index (χ0n) is 13.1. The van der Waals surface area contributed by atoms with Gasteiger partial charge in [-0.1, -0.05) is 18.2 Å². The highest BCUT2D eigenvalue weighted by atomic mass is 32.1. The number of amides is 1. The summed E-state index contributed by atoms with van der Waals surface area (Å²) in [4.78, 5) is 12.6. The average molecular weight is 331 g/mol. The van der Waals surface area contributed by atoms with Crippen LogP contribution in [0.3, 0.4) is 0 Å². The van der Waals surface area contributed by atoms with Crippen molar-refractivity contribution < 1.29 is 14.6 Å². The fourth-order valence-corrected chi connectivity index (χ4v) is 3.61. The van der Waals surface area contributed by atoms with Crippen LogP contribution in [-0.2, 0) is 10.2 Å². The van der Waals surface area contributed by atoms with Crippen LogP contribution in [0.25, 0.3) is 0 Å². The van der Waals surface area contributed by atoms with Gasteiger partial charge in [-0.25, -0.2) is 0 Å². The molecule has 1 aliphatic carbocycles. The molecular weight excluding hydrogens is 310 g/mol. The zero-order chi connectivity index (χ0) is 16.3. The summed E-state index contributed by atoms with van der Waals surface area (Å²) in [7, 11) is 1.63. The van der Waals surface area contributed by atoms with Crippen molar-refractivity contribution in [2.24, 2.45) is 0 Å². The lowest BCUT2D eigenvalue weighted by Crippen LogP contribution is -2.36. The number of hydrogen-bond donors (Lipinski definition) is 2. The molecule has 1 heterocycles. The lowest BCUT2D eigenvalue weighted by molar-refractivity contribution is -0.123. The predicted molar refractivity (Wildman–Crippen MR) is 90.8 cm³/mol. The van der Waals surface area contributed by atoms with Gasteiger partial charge in [-0.2, -0.15) is 11.3 Å².